The number of aromatic amines is 1. The van der Waals surface area contributed by atoms with Gasteiger partial charge in [0.2, 0.25) is 0 Å². The second-order valence-corrected chi connectivity index (χ2v) is 8.75. The fourth-order valence-corrected chi connectivity index (χ4v) is 3.89. The normalized spacial score (nSPS) is 12.1. The zero-order chi connectivity index (χ0) is 25.8. The van der Waals surface area contributed by atoms with E-state index in [1.54, 1.807) is 30.5 Å². The molecule has 4 aromatic heterocycles. The van der Waals surface area contributed by atoms with Gasteiger partial charge >= 0.3 is 0 Å². The smallest absolute Gasteiger partial charge is 0.273 e. The number of nitrogens with zero attached hydrogens (tertiary/aromatic N) is 6. The summed E-state index contributed by atoms with van der Waals surface area (Å²) in [4.78, 5) is 19.6. The number of hydrogen-bond acceptors (Lipinski definition) is 6. The van der Waals surface area contributed by atoms with Gasteiger partial charge in [-0.25, -0.2) is 13.5 Å². The number of aryl methyl sites for hydroxylation is 2. The van der Waals surface area contributed by atoms with Crippen LogP contribution in [0.1, 0.15) is 33.9 Å². The molecule has 0 saturated carbocycles. The van der Waals surface area contributed by atoms with E-state index in [-0.39, 0.29) is 24.5 Å². The molecule has 5 aromatic rings. The molecule has 0 aliphatic heterocycles. The Morgan fingerprint density at radius 1 is 1.14 bits per heavy atom. The number of rotatable bonds is 9. The maximum absolute atomic E-state index is 14.7. The van der Waals surface area contributed by atoms with Crippen LogP contribution in [0.3, 0.4) is 0 Å². The van der Waals surface area contributed by atoms with Gasteiger partial charge in [0, 0.05) is 29.4 Å². The molecular weight excluding hydrogens is 478 g/mol. The van der Waals surface area contributed by atoms with Gasteiger partial charge in [0.25, 0.3) is 5.91 Å². The lowest BCUT2D eigenvalue weighted by molar-refractivity contribution is 0.0945. The van der Waals surface area contributed by atoms with Gasteiger partial charge in [0.15, 0.2) is 11.3 Å². The molecule has 0 fully saturated rings. The summed E-state index contributed by atoms with van der Waals surface area (Å²) in [5.74, 6) is -0.730. The van der Waals surface area contributed by atoms with Crippen molar-refractivity contribution in [3.63, 3.8) is 0 Å². The van der Waals surface area contributed by atoms with Crippen molar-refractivity contribution in [2.45, 2.75) is 39.0 Å². The topological polar surface area (TPSA) is 114 Å². The first-order chi connectivity index (χ1) is 17.9. The lowest BCUT2D eigenvalue weighted by Gasteiger charge is -2.07. The number of fused-ring (bicyclic) bond motifs is 1. The highest BCUT2D eigenvalue weighted by atomic mass is 19.1. The molecule has 11 heteroatoms. The number of aromatic nitrogens is 7. The van der Waals surface area contributed by atoms with Crippen LogP contribution in [-0.2, 0) is 19.5 Å². The summed E-state index contributed by atoms with van der Waals surface area (Å²) in [6.07, 6.45) is 2.43. The Hall–Kier alpha value is -4.54. The molecule has 2 N–H and O–H groups in total. The third-order valence-corrected chi connectivity index (χ3v) is 5.89. The van der Waals surface area contributed by atoms with Crippen LogP contribution in [-0.4, -0.2) is 47.2 Å². The third kappa shape index (κ3) is 5.83. The average Bonchev–Trinajstić information content (AvgIpc) is 3.54. The largest absolute Gasteiger partial charge is 0.346 e. The van der Waals surface area contributed by atoms with Crippen molar-refractivity contribution in [1.82, 2.24) is 40.5 Å². The predicted octanol–water partition coefficient (Wildman–Crippen LogP) is 3.96. The summed E-state index contributed by atoms with van der Waals surface area (Å²) in [5, 5.41) is 19.6. The van der Waals surface area contributed by atoms with Gasteiger partial charge in [-0.3, -0.25) is 9.78 Å². The van der Waals surface area contributed by atoms with Crippen LogP contribution in [0.15, 0.2) is 60.9 Å². The molecule has 0 aliphatic carbocycles. The molecule has 1 unspecified atom stereocenters. The number of nitrogens with one attached hydrogen (secondary N) is 2. The SMILES string of the molecule is Cc1ccc(CNC(=O)c2cn(CC(F)CCc3cc4cc(-c5ccccc5F)[nH]c4nn3)nn2)cn1. The van der Waals surface area contributed by atoms with E-state index in [2.05, 4.69) is 35.8 Å². The second kappa shape index (κ2) is 10.6. The van der Waals surface area contributed by atoms with Gasteiger partial charge in [-0.2, -0.15) is 5.10 Å². The molecule has 0 saturated heterocycles. The zero-order valence-electron chi connectivity index (χ0n) is 20.0. The fourth-order valence-electron chi connectivity index (χ4n) is 3.89. The molecule has 37 heavy (non-hydrogen) atoms. The first kappa shape index (κ1) is 24.2. The van der Waals surface area contributed by atoms with Gasteiger partial charge in [-0.05, 0) is 55.7 Å². The number of carbonyl (C=O) groups excluding carboxylic acids is 1. The van der Waals surface area contributed by atoms with Crippen molar-refractivity contribution < 1.29 is 13.6 Å². The molecule has 1 aromatic carbocycles. The number of benzene rings is 1. The average molecular weight is 503 g/mol. The molecule has 0 aliphatic rings. The summed E-state index contributed by atoms with van der Waals surface area (Å²) < 4.78 is 30.1. The summed E-state index contributed by atoms with van der Waals surface area (Å²) in [5.41, 5.74) is 4.07. The van der Waals surface area contributed by atoms with Crippen LogP contribution in [0.25, 0.3) is 22.3 Å². The van der Waals surface area contributed by atoms with E-state index in [1.165, 1.54) is 16.9 Å². The molecule has 0 spiro atoms. The number of H-pyrrole nitrogens is 1. The number of carbonyl (C=O) groups is 1. The Morgan fingerprint density at radius 2 is 2.00 bits per heavy atom. The molecule has 0 bridgehead atoms. The van der Waals surface area contributed by atoms with Crippen LogP contribution in [0, 0.1) is 12.7 Å². The number of alkyl halides is 1. The molecule has 5 rings (SSSR count). The van der Waals surface area contributed by atoms with Crippen molar-refractivity contribution in [2.75, 3.05) is 0 Å². The van der Waals surface area contributed by atoms with Crippen LogP contribution in [0.5, 0.6) is 0 Å². The third-order valence-electron chi connectivity index (χ3n) is 5.89. The minimum Gasteiger partial charge on any atom is -0.346 e. The Balaban J connectivity index is 1.14. The van der Waals surface area contributed by atoms with Gasteiger partial charge < -0.3 is 10.3 Å². The Kier molecular flexibility index (Phi) is 6.93. The van der Waals surface area contributed by atoms with Crippen LogP contribution in [0.4, 0.5) is 8.78 Å². The number of hydrogen-bond donors (Lipinski definition) is 2. The van der Waals surface area contributed by atoms with Crippen molar-refractivity contribution in [1.29, 1.82) is 0 Å². The molecule has 1 amide bonds. The lowest BCUT2D eigenvalue weighted by atomic mass is 10.1. The number of amides is 1. The summed E-state index contributed by atoms with van der Waals surface area (Å²) >= 11 is 0. The van der Waals surface area contributed by atoms with E-state index >= 15 is 0 Å². The zero-order valence-corrected chi connectivity index (χ0v) is 20.0. The van der Waals surface area contributed by atoms with E-state index in [0.29, 0.717) is 35.6 Å². The van der Waals surface area contributed by atoms with Crippen molar-refractivity contribution >= 4 is 16.9 Å². The first-order valence-electron chi connectivity index (χ1n) is 11.8. The Labute approximate surface area is 211 Å². The maximum Gasteiger partial charge on any atom is 0.273 e. The van der Waals surface area contributed by atoms with E-state index in [4.69, 9.17) is 0 Å². The molecule has 1 atom stereocenters. The van der Waals surface area contributed by atoms with E-state index in [1.807, 2.05) is 25.1 Å². The predicted molar refractivity (Wildman–Crippen MR) is 133 cm³/mol. The summed E-state index contributed by atoms with van der Waals surface area (Å²) in [7, 11) is 0. The van der Waals surface area contributed by atoms with Gasteiger partial charge in [0.1, 0.15) is 12.0 Å². The quantitative estimate of drug-likeness (QED) is 0.315. The minimum atomic E-state index is -1.23. The van der Waals surface area contributed by atoms with E-state index in [9.17, 15) is 13.6 Å². The van der Waals surface area contributed by atoms with Crippen LogP contribution in [0.2, 0.25) is 0 Å². The highest BCUT2D eigenvalue weighted by Gasteiger charge is 2.15. The first-order valence-corrected chi connectivity index (χ1v) is 11.8. The molecule has 9 nitrogen and oxygen atoms in total. The van der Waals surface area contributed by atoms with E-state index in [0.717, 1.165) is 16.6 Å². The summed E-state index contributed by atoms with van der Waals surface area (Å²) in [6.45, 7) is 2.15. The molecular formula is C26H24F2N8O. The second-order valence-electron chi connectivity index (χ2n) is 8.75. The minimum absolute atomic E-state index is 0.0422. The molecule has 4 heterocycles. The Morgan fingerprint density at radius 3 is 2.81 bits per heavy atom. The van der Waals surface area contributed by atoms with E-state index < -0.39 is 12.1 Å². The number of pyridine rings is 1. The fraction of sp³-hybridized carbons (Fsp3) is 0.231. The van der Waals surface area contributed by atoms with Crippen molar-refractivity contribution in [2.24, 2.45) is 0 Å². The highest BCUT2D eigenvalue weighted by molar-refractivity contribution is 5.91. The number of halogens is 2. The standard InChI is InChI=1S/C26H24F2N8O/c1-16-6-7-17(12-29-16)13-30-26(37)24-15-36(35-33-24)14-19(27)8-9-20-10-18-11-23(31-25(18)34-32-20)21-4-2-3-5-22(21)28/h2-7,10-12,15,19H,8-9,13-14H2,1H3,(H,30,37)(H,31,34). The molecule has 188 valence electrons. The van der Waals surface area contributed by atoms with Crippen LogP contribution < -0.4 is 5.32 Å². The van der Waals surface area contributed by atoms with Crippen LogP contribution >= 0.6 is 0 Å². The van der Waals surface area contributed by atoms with Crippen molar-refractivity contribution in [3.8, 4) is 11.3 Å². The van der Waals surface area contributed by atoms with Gasteiger partial charge in [0.05, 0.1) is 24.1 Å². The van der Waals surface area contributed by atoms with Gasteiger partial charge in [-0.15, -0.1) is 10.2 Å². The summed E-state index contributed by atoms with van der Waals surface area (Å²) in [6, 6.07) is 13.8. The van der Waals surface area contributed by atoms with Gasteiger partial charge in [-0.1, -0.05) is 23.4 Å². The molecule has 0 radical (unpaired) electrons. The monoisotopic (exact) mass is 502 g/mol. The highest BCUT2D eigenvalue weighted by Crippen LogP contribution is 2.25. The lowest BCUT2D eigenvalue weighted by Crippen LogP contribution is -2.23. The Bertz CT molecular complexity index is 1530. The maximum atomic E-state index is 14.7. The van der Waals surface area contributed by atoms with Crippen molar-refractivity contribution in [3.05, 3.63) is 89.4 Å².